The van der Waals surface area contributed by atoms with E-state index in [4.69, 9.17) is 4.42 Å². The predicted molar refractivity (Wildman–Crippen MR) is 42.0 cm³/mol. The van der Waals surface area contributed by atoms with Gasteiger partial charge in [-0.25, -0.2) is 0 Å². The van der Waals surface area contributed by atoms with Crippen LogP contribution in [0, 0.1) is 0 Å². The van der Waals surface area contributed by atoms with E-state index in [1.807, 2.05) is 0 Å². The quantitative estimate of drug-likeness (QED) is 0.628. The maximum atomic E-state index is 11.5. The number of carbonyl (C=O) groups excluding carboxylic acids is 1. The molecule has 0 atom stereocenters. The van der Waals surface area contributed by atoms with Gasteiger partial charge in [-0.1, -0.05) is 0 Å². The monoisotopic (exact) mass is 175 g/mol. The fourth-order valence-electron chi connectivity index (χ4n) is 0.893. The topological polar surface area (TPSA) is 68.9 Å². The Kier molecular flexibility index (Phi) is 1.84. The van der Waals surface area contributed by atoms with Crippen molar-refractivity contribution in [1.29, 1.82) is 0 Å². The van der Waals surface area contributed by atoms with Crippen LogP contribution in [0.2, 0.25) is 0 Å². The van der Waals surface area contributed by atoms with Crippen molar-refractivity contribution in [1.82, 2.24) is 15.2 Å². The number of ketones is 1. The maximum absolute atomic E-state index is 11.5. The van der Waals surface area contributed by atoms with E-state index < -0.39 is 0 Å². The molecule has 0 radical (unpaired) electrons. The van der Waals surface area contributed by atoms with E-state index in [1.165, 1.54) is 6.20 Å². The largest absolute Gasteiger partial charge is 0.421 e. The average molecular weight is 175 g/mol. The van der Waals surface area contributed by atoms with Crippen molar-refractivity contribution in [3.8, 4) is 0 Å². The van der Waals surface area contributed by atoms with Crippen LogP contribution < -0.4 is 0 Å². The third kappa shape index (κ3) is 1.44. The van der Waals surface area contributed by atoms with Crippen LogP contribution in [-0.2, 0) is 0 Å². The van der Waals surface area contributed by atoms with Crippen molar-refractivity contribution in [2.45, 2.75) is 0 Å². The van der Waals surface area contributed by atoms with Crippen molar-refractivity contribution in [2.24, 2.45) is 0 Å². The molecular weight excluding hydrogens is 170 g/mol. The van der Waals surface area contributed by atoms with Gasteiger partial charge in [-0.3, -0.25) is 9.78 Å². The smallest absolute Gasteiger partial charge is 0.288 e. The lowest BCUT2D eigenvalue weighted by molar-refractivity contribution is 0.100. The molecule has 64 valence electrons. The third-order valence-electron chi connectivity index (χ3n) is 1.48. The van der Waals surface area contributed by atoms with E-state index in [0.29, 0.717) is 5.56 Å². The molecule has 5 nitrogen and oxygen atoms in total. The minimum Gasteiger partial charge on any atom is -0.421 e. The van der Waals surface area contributed by atoms with Crippen LogP contribution >= 0.6 is 0 Å². The zero-order valence-electron chi connectivity index (χ0n) is 6.54. The van der Waals surface area contributed by atoms with E-state index in [0.717, 1.165) is 6.39 Å². The predicted octanol–water partition coefficient (Wildman–Crippen LogP) is 0.696. The highest BCUT2D eigenvalue weighted by molar-refractivity contribution is 6.05. The molecule has 0 saturated carbocycles. The van der Waals surface area contributed by atoms with E-state index in [1.54, 1.807) is 18.3 Å². The van der Waals surface area contributed by atoms with E-state index in [9.17, 15) is 4.79 Å². The Balaban J connectivity index is 2.34. The number of rotatable bonds is 2. The lowest BCUT2D eigenvalue weighted by Gasteiger charge is -1.92. The van der Waals surface area contributed by atoms with Gasteiger partial charge in [0.05, 0.1) is 0 Å². The normalized spacial score (nSPS) is 9.85. The first-order valence-corrected chi connectivity index (χ1v) is 3.59. The summed E-state index contributed by atoms with van der Waals surface area (Å²) in [5.41, 5.74) is 0.437. The van der Waals surface area contributed by atoms with Gasteiger partial charge >= 0.3 is 0 Å². The zero-order chi connectivity index (χ0) is 9.10. The van der Waals surface area contributed by atoms with Crippen molar-refractivity contribution in [3.05, 3.63) is 42.4 Å². The highest BCUT2D eigenvalue weighted by atomic mass is 16.4. The maximum Gasteiger partial charge on any atom is 0.288 e. The second-order valence-electron chi connectivity index (χ2n) is 2.31. The number of aromatic nitrogens is 3. The Morgan fingerprint density at radius 1 is 1.46 bits per heavy atom. The van der Waals surface area contributed by atoms with Gasteiger partial charge in [0.25, 0.3) is 11.7 Å². The first-order valence-electron chi connectivity index (χ1n) is 3.59. The molecule has 0 amide bonds. The molecule has 0 fully saturated rings. The van der Waals surface area contributed by atoms with Crippen LogP contribution in [0.5, 0.6) is 0 Å². The molecule has 0 aromatic carbocycles. The van der Waals surface area contributed by atoms with Crippen LogP contribution in [0.3, 0.4) is 0 Å². The molecule has 2 heterocycles. The third-order valence-corrected chi connectivity index (χ3v) is 1.48. The van der Waals surface area contributed by atoms with Gasteiger partial charge < -0.3 is 4.42 Å². The van der Waals surface area contributed by atoms with Crippen molar-refractivity contribution < 1.29 is 9.21 Å². The fraction of sp³-hybridized carbons (Fsp3) is 0. The molecule has 2 aromatic rings. The van der Waals surface area contributed by atoms with Gasteiger partial charge in [0.15, 0.2) is 0 Å². The Hall–Kier alpha value is -2.04. The van der Waals surface area contributed by atoms with E-state index >= 15 is 0 Å². The van der Waals surface area contributed by atoms with Crippen LogP contribution in [0.15, 0.2) is 35.3 Å². The van der Waals surface area contributed by atoms with Gasteiger partial charge in [0.2, 0.25) is 6.39 Å². The number of carbonyl (C=O) groups is 1. The van der Waals surface area contributed by atoms with E-state index in [2.05, 4.69) is 15.2 Å². The Morgan fingerprint density at radius 3 is 3.00 bits per heavy atom. The summed E-state index contributed by atoms with van der Waals surface area (Å²) in [6, 6.07) is 3.31. The summed E-state index contributed by atoms with van der Waals surface area (Å²) in [6.07, 6.45) is 4.15. The Labute approximate surface area is 73.4 Å². The molecule has 2 aromatic heterocycles. The number of hydrogen-bond acceptors (Lipinski definition) is 5. The van der Waals surface area contributed by atoms with Crippen molar-refractivity contribution >= 4 is 5.78 Å². The number of pyridine rings is 1. The van der Waals surface area contributed by atoms with E-state index in [-0.39, 0.29) is 11.7 Å². The van der Waals surface area contributed by atoms with Crippen LogP contribution in [0.4, 0.5) is 0 Å². The lowest BCUT2D eigenvalue weighted by atomic mass is 10.2. The Bertz CT molecular complexity index is 397. The summed E-state index contributed by atoms with van der Waals surface area (Å²) in [6.45, 7) is 0. The molecule has 0 spiro atoms. The summed E-state index contributed by atoms with van der Waals surface area (Å²) in [5, 5.41) is 6.91. The lowest BCUT2D eigenvalue weighted by Crippen LogP contribution is -2.01. The Morgan fingerprint density at radius 2 is 2.38 bits per heavy atom. The highest BCUT2D eigenvalue weighted by Gasteiger charge is 2.13. The fourth-order valence-corrected chi connectivity index (χ4v) is 0.893. The number of hydrogen-bond donors (Lipinski definition) is 0. The summed E-state index contributed by atoms with van der Waals surface area (Å²) in [4.78, 5) is 15.3. The molecule has 0 aliphatic heterocycles. The summed E-state index contributed by atoms with van der Waals surface area (Å²) < 4.78 is 4.75. The molecule has 0 bridgehead atoms. The molecule has 0 aliphatic carbocycles. The van der Waals surface area contributed by atoms with Crippen molar-refractivity contribution in [2.75, 3.05) is 0 Å². The molecule has 2 rings (SSSR count). The summed E-state index contributed by atoms with van der Waals surface area (Å²) in [7, 11) is 0. The standard InChI is InChI=1S/C8H5N3O2/c12-7(8-11-10-5-13-8)6-2-1-3-9-4-6/h1-5H. The van der Waals surface area contributed by atoms with Crippen LogP contribution in [0.25, 0.3) is 0 Å². The van der Waals surface area contributed by atoms with Gasteiger partial charge in [-0.2, -0.15) is 0 Å². The van der Waals surface area contributed by atoms with Crippen LogP contribution in [-0.4, -0.2) is 21.0 Å². The number of nitrogens with zero attached hydrogens (tertiary/aromatic N) is 3. The molecule has 5 heteroatoms. The second-order valence-corrected chi connectivity index (χ2v) is 2.31. The molecule has 0 aliphatic rings. The highest BCUT2D eigenvalue weighted by Crippen LogP contribution is 2.04. The first kappa shape index (κ1) is 7.60. The first-order chi connectivity index (χ1) is 6.38. The van der Waals surface area contributed by atoms with Gasteiger partial charge in [-0.05, 0) is 12.1 Å². The van der Waals surface area contributed by atoms with Gasteiger partial charge in [0.1, 0.15) is 0 Å². The molecule has 0 N–H and O–H groups in total. The molecule has 13 heavy (non-hydrogen) atoms. The molecule has 0 saturated heterocycles. The second kappa shape index (κ2) is 3.14. The summed E-state index contributed by atoms with van der Waals surface area (Å²) in [5.74, 6) is -0.335. The van der Waals surface area contributed by atoms with Crippen LogP contribution in [0.1, 0.15) is 16.2 Å². The summed E-state index contributed by atoms with van der Waals surface area (Å²) >= 11 is 0. The SMILES string of the molecule is O=C(c1cccnc1)c1nnco1. The van der Waals surface area contributed by atoms with Crippen molar-refractivity contribution in [3.63, 3.8) is 0 Å². The zero-order valence-corrected chi connectivity index (χ0v) is 6.54. The minimum absolute atomic E-state index is 0.0204. The average Bonchev–Trinajstić information content (AvgIpc) is 2.71. The molecule has 0 unspecified atom stereocenters. The van der Waals surface area contributed by atoms with Gasteiger partial charge in [0, 0.05) is 18.0 Å². The minimum atomic E-state index is -0.314. The molecular formula is C8H5N3O2. The van der Waals surface area contributed by atoms with Gasteiger partial charge in [-0.15, -0.1) is 10.2 Å².